The van der Waals surface area contributed by atoms with Gasteiger partial charge >= 0.3 is 0 Å². The molecule has 6 nitrogen and oxygen atoms in total. The van der Waals surface area contributed by atoms with Gasteiger partial charge in [-0.3, -0.25) is 9.36 Å². The molecule has 0 atom stereocenters. The number of hydrogen-bond donors (Lipinski definition) is 1. The van der Waals surface area contributed by atoms with Gasteiger partial charge in [0.1, 0.15) is 11.6 Å². The van der Waals surface area contributed by atoms with Crippen LogP contribution >= 0.6 is 0 Å². The monoisotopic (exact) mass is 372 g/mol. The smallest absolute Gasteiger partial charge is 0.281 e. The third-order valence-corrected chi connectivity index (χ3v) is 4.56. The molecule has 0 unspecified atom stereocenters. The first kappa shape index (κ1) is 19.1. The Hall–Kier alpha value is -3.72. The summed E-state index contributed by atoms with van der Waals surface area (Å²) in [6.45, 7) is 5.62. The van der Waals surface area contributed by atoms with E-state index in [1.165, 1.54) is 0 Å². The number of pyridine rings is 1. The predicted octanol–water partition coefficient (Wildman–Crippen LogP) is 4.81. The minimum absolute atomic E-state index is 0.0186. The number of aryl methyl sites for hydroxylation is 2. The molecule has 3 aromatic rings. The van der Waals surface area contributed by atoms with Crippen molar-refractivity contribution in [1.29, 1.82) is 5.26 Å². The van der Waals surface area contributed by atoms with Crippen LogP contribution in [0.15, 0.2) is 63.6 Å². The van der Waals surface area contributed by atoms with Crippen LogP contribution in [0, 0.1) is 32.1 Å². The van der Waals surface area contributed by atoms with E-state index in [9.17, 15) is 15.2 Å². The molecule has 3 rings (SSSR count). The summed E-state index contributed by atoms with van der Waals surface area (Å²) >= 11 is 0. The number of nitrogens with zero attached hydrogens (tertiary/aromatic N) is 4. The van der Waals surface area contributed by atoms with Crippen LogP contribution in [0.4, 0.5) is 11.4 Å². The molecule has 0 fully saturated rings. The molecule has 0 aliphatic carbocycles. The first-order valence-electron chi connectivity index (χ1n) is 8.81. The summed E-state index contributed by atoms with van der Waals surface area (Å²) < 4.78 is 1.15. The Morgan fingerprint density at radius 1 is 1.07 bits per heavy atom. The van der Waals surface area contributed by atoms with Crippen LogP contribution in [0.5, 0.6) is 5.88 Å². The van der Waals surface area contributed by atoms with E-state index >= 15 is 0 Å². The summed E-state index contributed by atoms with van der Waals surface area (Å²) in [4.78, 5) is 13.0. The number of aromatic hydroxyl groups is 1. The molecule has 6 heteroatoms. The lowest BCUT2D eigenvalue weighted by atomic mass is 10.1. The van der Waals surface area contributed by atoms with Gasteiger partial charge in [-0.05, 0) is 38.0 Å². The van der Waals surface area contributed by atoms with Crippen LogP contribution < -0.4 is 5.56 Å². The minimum atomic E-state index is -0.494. The Labute approximate surface area is 163 Å². The molecule has 1 N–H and O–H groups in total. The molecule has 0 aliphatic heterocycles. The molecule has 0 bridgehead atoms. The Bertz CT molecular complexity index is 1160. The van der Waals surface area contributed by atoms with Gasteiger partial charge in [-0.1, -0.05) is 48.0 Å². The van der Waals surface area contributed by atoms with Crippen molar-refractivity contribution in [3.05, 3.63) is 86.7 Å². The first-order valence-corrected chi connectivity index (χ1v) is 8.81. The fraction of sp³-hybridized carbons (Fsp3) is 0.182. The van der Waals surface area contributed by atoms with Gasteiger partial charge in [0, 0.05) is 5.56 Å². The van der Waals surface area contributed by atoms with E-state index in [1.807, 2.05) is 68.4 Å². The van der Waals surface area contributed by atoms with Gasteiger partial charge in [0.2, 0.25) is 5.88 Å². The zero-order chi connectivity index (χ0) is 20.3. The normalized spacial score (nSPS) is 10.9. The summed E-state index contributed by atoms with van der Waals surface area (Å²) in [5, 5.41) is 28.3. The van der Waals surface area contributed by atoms with Gasteiger partial charge in [0.05, 0.1) is 12.2 Å². The molecule has 0 spiro atoms. The van der Waals surface area contributed by atoms with Crippen LogP contribution in [0.25, 0.3) is 0 Å². The van der Waals surface area contributed by atoms with Crippen LogP contribution in [0.1, 0.15) is 27.8 Å². The molecule has 0 saturated heterocycles. The SMILES string of the molecule is Cc1ccc(N=Nc2c(C)c(C#N)c(O)n(Cc3ccccc3)c2=O)c(C)c1. The van der Waals surface area contributed by atoms with Crippen molar-refractivity contribution >= 4 is 11.4 Å². The Morgan fingerprint density at radius 3 is 2.43 bits per heavy atom. The van der Waals surface area contributed by atoms with E-state index in [2.05, 4.69) is 10.2 Å². The number of hydrogen-bond acceptors (Lipinski definition) is 5. The van der Waals surface area contributed by atoms with Crippen LogP contribution in [0.2, 0.25) is 0 Å². The lowest BCUT2D eigenvalue weighted by Crippen LogP contribution is -2.22. The van der Waals surface area contributed by atoms with Gasteiger partial charge in [0.25, 0.3) is 5.56 Å². The lowest BCUT2D eigenvalue weighted by Gasteiger charge is -2.13. The first-order chi connectivity index (χ1) is 13.4. The summed E-state index contributed by atoms with van der Waals surface area (Å²) in [5.41, 5.74) is 3.39. The van der Waals surface area contributed by atoms with Crippen LogP contribution in [-0.2, 0) is 6.54 Å². The second-order valence-electron chi connectivity index (χ2n) is 6.65. The van der Waals surface area contributed by atoms with Gasteiger partial charge < -0.3 is 5.11 Å². The number of nitriles is 1. The second kappa shape index (κ2) is 7.89. The number of benzene rings is 2. The van der Waals surface area contributed by atoms with E-state index in [0.29, 0.717) is 11.3 Å². The van der Waals surface area contributed by atoms with Crippen molar-refractivity contribution in [2.24, 2.45) is 10.2 Å². The van der Waals surface area contributed by atoms with Gasteiger partial charge in [-0.25, -0.2) is 0 Å². The molecule has 0 aliphatic rings. The van der Waals surface area contributed by atoms with E-state index in [1.54, 1.807) is 6.92 Å². The van der Waals surface area contributed by atoms with Crippen molar-refractivity contribution in [3.63, 3.8) is 0 Å². The number of azo groups is 1. The lowest BCUT2D eigenvalue weighted by molar-refractivity contribution is 0.412. The van der Waals surface area contributed by atoms with Crippen LogP contribution in [-0.4, -0.2) is 9.67 Å². The van der Waals surface area contributed by atoms with E-state index in [0.717, 1.165) is 21.3 Å². The maximum Gasteiger partial charge on any atom is 0.281 e. The largest absolute Gasteiger partial charge is 0.493 e. The summed E-state index contributed by atoms with van der Waals surface area (Å²) in [6, 6.07) is 16.9. The molecule has 140 valence electrons. The molecular formula is C22H20N4O2. The Morgan fingerprint density at radius 2 is 1.79 bits per heavy atom. The van der Waals surface area contributed by atoms with E-state index in [-0.39, 0.29) is 23.7 Å². The highest BCUT2D eigenvalue weighted by Gasteiger charge is 2.19. The molecule has 2 aromatic carbocycles. The molecular weight excluding hydrogens is 352 g/mol. The van der Waals surface area contributed by atoms with Crippen molar-refractivity contribution in [3.8, 4) is 11.9 Å². The molecule has 1 aromatic heterocycles. The third kappa shape index (κ3) is 3.69. The van der Waals surface area contributed by atoms with Crippen molar-refractivity contribution in [2.75, 3.05) is 0 Å². The average Bonchev–Trinajstić information content (AvgIpc) is 2.68. The maximum absolute atomic E-state index is 13.0. The Balaban J connectivity index is 2.13. The highest BCUT2D eigenvalue weighted by atomic mass is 16.3. The second-order valence-corrected chi connectivity index (χ2v) is 6.65. The fourth-order valence-electron chi connectivity index (χ4n) is 2.99. The zero-order valence-corrected chi connectivity index (χ0v) is 16.0. The van der Waals surface area contributed by atoms with Crippen molar-refractivity contribution in [1.82, 2.24) is 4.57 Å². The number of aromatic nitrogens is 1. The van der Waals surface area contributed by atoms with E-state index < -0.39 is 5.56 Å². The molecule has 1 heterocycles. The van der Waals surface area contributed by atoms with Crippen molar-refractivity contribution in [2.45, 2.75) is 27.3 Å². The van der Waals surface area contributed by atoms with E-state index in [4.69, 9.17) is 0 Å². The Kier molecular flexibility index (Phi) is 5.37. The molecule has 0 radical (unpaired) electrons. The molecule has 0 amide bonds. The highest BCUT2D eigenvalue weighted by molar-refractivity contribution is 5.57. The molecule has 0 saturated carbocycles. The average molecular weight is 372 g/mol. The topological polar surface area (TPSA) is 90.7 Å². The van der Waals surface area contributed by atoms with Crippen molar-refractivity contribution < 1.29 is 5.11 Å². The third-order valence-electron chi connectivity index (χ3n) is 4.56. The zero-order valence-electron chi connectivity index (χ0n) is 16.0. The van der Waals surface area contributed by atoms with Gasteiger partial charge in [-0.2, -0.15) is 10.4 Å². The highest BCUT2D eigenvalue weighted by Crippen LogP contribution is 2.28. The minimum Gasteiger partial charge on any atom is -0.493 e. The molecule has 28 heavy (non-hydrogen) atoms. The standard InChI is InChI=1S/C22H20N4O2/c1-14-9-10-19(15(2)11-14)24-25-20-16(3)18(12-23)21(27)26(22(20)28)13-17-7-5-4-6-8-17/h4-11,27H,13H2,1-3H3. The predicted molar refractivity (Wildman–Crippen MR) is 107 cm³/mol. The van der Waals surface area contributed by atoms with Crippen LogP contribution in [0.3, 0.4) is 0 Å². The fourth-order valence-corrected chi connectivity index (χ4v) is 2.99. The quantitative estimate of drug-likeness (QED) is 0.666. The number of rotatable bonds is 4. The summed E-state index contributed by atoms with van der Waals surface area (Å²) in [6.07, 6.45) is 0. The van der Waals surface area contributed by atoms with Gasteiger partial charge in [0.15, 0.2) is 5.69 Å². The summed E-state index contributed by atoms with van der Waals surface area (Å²) in [7, 11) is 0. The summed E-state index contributed by atoms with van der Waals surface area (Å²) in [5.74, 6) is -0.362. The van der Waals surface area contributed by atoms with Gasteiger partial charge in [-0.15, -0.1) is 5.11 Å². The maximum atomic E-state index is 13.0.